The molecule has 0 spiro atoms. The van der Waals surface area contributed by atoms with Gasteiger partial charge in [0.15, 0.2) is 11.6 Å². The van der Waals surface area contributed by atoms with E-state index in [4.69, 9.17) is 10.6 Å². The summed E-state index contributed by atoms with van der Waals surface area (Å²) in [4.78, 5) is 17.9. The van der Waals surface area contributed by atoms with E-state index >= 15 is 0 Å². The van der Waals surface area contributed by atoms with Crippen molar-refractivity contribution in [3.63, 3.8) is 0 Å². The summed E-state index contributed by atoms with van der Waals surface area (Å²) < 4.78 is 5.54. The number of carbonyl (C=O) groups is 1. The van der Waals surface area contributed by atoms with Gasteiger partial charge in [-0.25, -0.2) is 10.8 Å². The van der Waals surface area contributed by atoms with E-state index in [1.807, 2.05) is 4.90 Å². The highest BCUT2D eigenvalue weighted by molar-refractivity contribution is 5.76. The first-order valence-corrected chi connectivity index (χ1v) is 6.63. The highest BCUT2D eigenvalue weighted by atomic mass is 16.5. The van der Waals surface area contributed by atoms with Crippen molar-refractivity contribution in [2.75, 3.05) is 25.1 Å². The highest BCUT2D eigenvalue weighted by Gasteiger charge is 2.16. The Labute approximate surface area is 112 Å². The van der Waals surface area contributed by atoms with Gasteiger partial charge < -0.3 is 15.1 Å². The van der Waals surface area contributed by atoms with E-state index in [1.165, 1.54) is 6.42 Å². The first-order valence-electron chi connectivity index (χ1n) is 6.63. The van der Waals surface area contributed by atoms with E-state index in [9.17, 15) is 4.79 Å². The van der Waals surface area contributed by atoms with Crippen LogP contribution in [0.1, 0.15) is 25.7 Å². The Morgan fingerprint density at radius 2 is 2.21 bits per heavy atom. The number of hydrogen-bond acceptors (Lipinski definition) is 5. The fraction of sp³-hybridized carbons (Fsp3) is 0.538. The second-order valence-corrected chi connectivity index (χ2v) is 4.53. The van der Waals surface area contributed by atoms with Gasteiger partial charge in [-0.05, 0) is 31.4 Å². The molecule has 19 heavy (non-hydrogen) atoms. The lowest BCUT2D eigenvalue weighted by Crippen LogP contribution is -2.36. The maximum absolute atomic E-state index is 11.9. The zero-order valence-electron chi connectivity index (χ0n) is 11.0. The van der Waals surface area contributed by atoms with Crippen LogP contribution < -0.4 is 16.0 Å². The molecule has 0 aromatic carbocycles. The molecule has 6 heteroatoms. The van der Waals surface area contributed by atoms with Crippen LogP contribution in [0.25, 0.3) is 0 Å². The van der Waals surface area contributed by atoms with Gasteiger partial charge in [-0.3, -0.25) is 4.79 Å². The van der Waals surface area contributed by atoms with Crippen LogP contribution in [0, 0.1) is 0 Å². The summed E-state index contributed by atoms with van der Waals surface area (Å²) in [5.41, 5.74) is 2.47. The van der Waals surface area contributed by atoms with Crippen LogP contribution in [0.5, 0.6) is 5.75 Å². The molecule has 104 valence electrons. The Balaban J connectivity index is 1.78. The Kier molecular flexibility index (Phi) is 4.97. The molecule has 3 N–H and O–H groups in total. The van der Waals surface area contributed by atoms with Crippen LogP contribution in [0.3, 0.4) is 0 Å². The fourth-order valence-corrected chi connectivity index (χ4v) is 2.17. The van der Waals surface area contributed by atoms with Gasteiger partial charge in [-0.1, -0.05) is 0 Å². The quantitative estimate of drug-likeness (QED) is 0.616. The molecule has 1 aliphatic heterocycles. The maximum atomic E-state index is 11.9. The van der Waals surface area contributed by atoms with Gasteiger partial charge in [0.05, 0.1) is 13.0 Å². The first kappa shape index (κ1) is 13.6. The molecule has 1 aliphatic rings. The number of piperidine rings is 1. The number of nitrogens with one attached hydrogen (secondary N) is 1. The summed E-state index contributed by atoms with van der Waals surface area (Å²) >= 11 is 0. The normalized spacial score (nSPS) is 15.1. The first-order chi connectivity index (χ1) is 9.31. The smallest absolute Gasteiger partial charge is 0.225 e. The van der Waals surface area contributed by atoms with E-state index in [0.29, 0.717) is 24.6 Å². The molecule has 0 saturated carbocycles. The third kappa shape index (κ3) is 3.82. The number of likely N-dealkylation sites (tertiary alicyclic amines) is 1. The Morgan fingerprint density at radius 1 is 1.42 bits per heavy atom. The maximum Gasteiger partial charge on any atom is 0.225 e. The topological polar surface area (TPSA) is 80.5 Å². The molecule has 2 heterocycles. The van der Waals surface area contributed by atoms with Crippen molar-refractivity contribution in [3.05, 3.63) is 18.3 Å². The fourth-order valence-electron chi connectivity index (χ4n) is 2.17. The van der Waals surface area contributed by atoms with Gasteiger partial charge in [0.2, 0.25) is 5.91 Å². The van der Waals surface area contributed by atoms with Gasteiger partial charge in [0.1, 0.15) is 0 Å². The number of anilines is 1. The molecule has 1 aromatic heterocycles. The third-order valence-corrected chi connectivity index (χ3v) is 3.19. The van der Waals surface area contributed by atoms with Crippen molar-refractivity contribution in [1.82, 2.24) is 9.88 Å². The van der Waals surface area contributed by atoms with Gasteiger partial charge in [-0.15, -0.1) is 0 Å². The number of pyridine rings is 1. The molecule has 0 radical (unpaired) electrons. The molecular weight excluding hydrogens is 244 g/mol. The number of nitrogens with zero attached hydrogens (tertiary/aromatic N) is 2. The van der Waals surface area contributed by atoms with Crippen LogP contribution in [-0.4, -0.2) is 35.5 Å². The average Bonchev–Trinajstić information content (AvgIpc) is 2.48. The lowest BCUT2D eigenvalue weighted by Gasteiger charge is -2.26. The molecule has 1 fully saturated rings. The summed E-state index contributed by atoms with van der Waals surface area (Å²) in [5, 5.41) is 0. The van der Waals surface area contributed by atoms with E-state index in [0.717, 1.165) is 25.9 Å². The number of amides is 1. The van der Waals surface area contributed by atoms with E-state index in [1.54, 1.807) is 18.3 Å². The average molecular weight is 264 g/mol. The minimum Gasteiger partial charge on any atom is -0.489 e. The van der Waals surface area contributed by atoms with E-state index < -0.39 is 0 Å². The predicted molar refractivity (Wildman–Crippen MR) is 72.6 cm³/mol. The molecule has 0 unspecified atom stereocenters. The Hall–Kier alpha value is -1.82. The van der Waals surface area contributed by atoms with Crippen LogP contribution in [0.4, 0.5) is 5.82 Å². The van der Waals surface area contributed by atoms with Crippen molar-refractivity contribution in [2.45, 2.75) is 25.7 Å². The van der Waals surface area contributed by atoms with Crippen molar-refractivity contribution in [2.24, 2.45) is 5.84 Å². The van der Waals surface area contributed by atoms with E-state index in [2.05, 4.69) is 10.4 Å². The highest BCUT2D eigenvalue weighted by Crippen LogP contribution is 2.19. The second-order valence-electron chi connectivity index (χ2n) is 4.53. The lowest BCUT2D eigenvalue weighted by atomic mass is 10.1. The third-order valence-electron chi connectivity index (χ3n) is 3.19. The number of nitrogen functional groups attached to an aromatic ring is 1. The Morgan fingerprint density at radius 3 is 2.95 bits per heavy atom. The van der Waals surface area contributed by atoms with Gasteiger partial charge >= 0.3 is 0 Å². The molecule has 6 nitrogen and oxygen atoms in total. The van der Waals surface area contributed by atoms with Gasteiger partial charge in [-0.2, -0.15) is 0 Å². The number of nitrogens with two attached hydrogens (primary N) is 1. The van der Waals surface area contributed by atoms with Crippen molar-refractivity contribution < 1.29 is 9.53 Å². The van der Waals surface area contributed by atoms with Crippen LogP contribution in [0.15, 0.2) is 18.3 Å². The number of hydrazine groups is 1. The second kappa shape index (κ2) is 6.94. The monoisotopic (exact) mass is 264 g/mol. The number of rotatable bonds is 5. The van der Waals surface area contributed by atoms with Crippen molar-refractivity contribution in [1.29, 1.82) is 0 Å². The molecule has 0 bridgehead atoms. The number of carbonyl (C=O) groups excluding carboxylic acids is 1. The van der Waals surface area contributed by atoms with Crippen molar-refractivity contribution in [3.8, 4) is 5.75 Å². The Bertz CT molecular complexity index is 419. The molecule has 1 amide bonds. The zero-order chi connectivity index (χ0) is 13.5. The molecule has 1 saturated heterocycles. The van der Waals surface area contributed by atoms with Crippen molar-refractivity contribution >= 4 is 11.7 Å². The summed E-state index contributed by atoms with van der Waals surface area (Å²) in [6.07, 6.45) is 5.45. The number of ether oxygens (including phenoxy) is 1. The van der Waals surface area contributed by atoms with Crippen LogP contribution in [-0.2, 0) is 4.79 Å². The van der Waals surface area contributed by atoms with E-state index in [-0.39, 0.29) is 5.91 Å². The zero-order valence-corrected chi connectivity index (χ0v) is 11.0. The standard InChI is InChI=1S/C13H20N4O2/c14-16-13-11(5-4-7-15-13)19-10-6-12(18)17-8-2-1-3-9-17/h4-5,7H,1-3,6,8-10,14H2,(H,15,16). The molecule has 2 rings (SSSR count). The van der Waals surface area contributed by atoms with Gasteiger partial charge in [0, 0.05) is 19.3 Å². The molecule has 0 atom stereocenters. The largest absolute Gasteiger partial charge is 0.489 e. The summed E-state index contributed by atoms with van der Waals surface area (Å²) in [5.74, 6) is 6.54. The minimum absolute atomic E-state index is 0.158. The number of hydrogen-bond donors (Lipinski definition) is 2. The molecule has 0 aliphatic carbocycles. The molecule has 1 aromatic rings. The SMILES string of the molecule is NNc1ncccc1OCCC(=O)N1CCCCC1. The predicted octanol–water partition coefficient (Wildman–Crippen LogP) is 1.15. The van der Waals surface area contributed by atoms with Gasteiger partial charge in [0.25, 0.3) is 0 Å². The molecular formula is C13H20N4O2. The van der Waals surface area contributed by atoms with Crippen LogP contribution in [0.2, 0.25) is 0 Å². The summed E-state index contributed by atoms with van der Waals surface area (Å²) in [6.45, 7) is 2.10. The minimum atomic E-state index is 0.158. The van der Waals surface area contributed by atoms with Crippen LogP contribution >= 0.6 is 0 Å². The number of aromatic nitrogens is 1. The summed E-state index contributed by atoms with van der Waals surface area (Å²) in [7, 11) is 0. The summed E-state index contributed by atoms with van der Waals surface area (Å²) in [6, 6.07) is 3.54. The lowest BCUT2D eigenvalue weighted by molar-refractivity contribution is -0.132.